The van der Waals surface area contributed by atoms with E-state index in [1.165, 1.54) is 6.92 Å². The van der Waals surface area contributed by atoms with Crippen LogP contribution in [-0.4, -0.2) is 106 Å². The molecule has 0 atom stereocenters. The lowest BCUT2D eigenvalue weighted by atomic mass is 9.88. The van der Waals surface area contributed by atoms with Crippen molar-refractivity contribution >= 4 is 23.6 Å². The van der Waals surface area contributed by atoms with Crippen molar-refractivity contribution in [3.63, 3.8) is 0 Å². The average Bonchev–Trinajstić information content (AvgIpc) is 2.89. The van der Waals surface area contributed by atoms with Crippen molar-refractivity contribution in [2.45, 2.75) is 59.0 Å². The van der Waals surface area contributed by atoms with E-state index in [1.54, 1.807) is 42.7 Å². The first-order chi connectivity index (χ1) is 16.4. The van der Waals surface area contributed by atoms with Crippen molar-refractivity contribution in [3.8, 4) is 0 Å². The molecule has 4 N–H and O–H groups in total. The van der Waals surface area contributed by atoms with Gasteiger partial charge in [0.2, 0.25) is 0 Å². The summed E-state index contributed by atoms with van der Waals surface area (Å²) in [6.45, 7) is 10.1. The third kappa shape index (κ3) is 19.1. The Hall–Kier alpha value is -0.716. The highest BCUT2D eigenvalue weighted by Crippen LogP contribution is 2.18. The van der Waals surface area contributed by atoms with Gasteiger partial charge in [0.25, 0.3) is 0 Å². The van der Waals surface area contributed by atoms with Crippen molar-refractivity contribution in [2.24, 2.45) is 5.41 Å². The van der Waals surface area contributed by atoms with E-state index < -0.39 is 29.0 Å². The Morgan fingerprint density at radius 3 is 0.971 bits per heavy atom. The maximum atomic E-state index is 9.60. The molecule has 0 unspecified atom stereocenters. The Kier molecular flexibility index (Phi) is 29.5. The molecule has 0 bridgehead atoms. The Bertz CT molecular complexity index is 428. The molecule has 0 aliphatic carbocycles. The number of hydrogen-bond acceptors (Lipinski definition) is 10. The number of aliphatic hydroxyl groups is 3. The molecule has 0 saturated carbocycles. The van der Waals surface area contributed by atoms with Gasteiger partial charge in [-0.25, -0.2) is 4.79 Å². The second-order valence-electron chi connectivity index (χ2n) is 7.50. The van der Waals surface area contributed by atoms with E-state index in [9.17, 15) is 4.79 Å². The van der Waals surface area contributed by atoms with Crippen LogP contribution in [0.1, 0.15) is 47.0 Å². The summed E-state index contributed by atoms with van der Waals surface area (Å²) in [5.74, 6) is -0.935. The van der Waals surface area contributed by atoms with Gasteiger partial charge >= 0.3 is 23.6 Å². The molecule has 214 valence electrons. The van der Waals surface area contributed by atoms with Crippen LogP contribution in [0.15, 0.2) is 12.2 Å². The van der Waals surface area contributed by atoms with Crippen molar-refractivity contribution in [1.29, 1.82) is 0 Å². The largest absolute Gasteiger partial charge is 0.500 e. The van der Waals surface area contributed by atoms with Crippen LogP contribution < -0.4 is 0 Å². The molecule has 0 saturated heterocycles. The lowest BCUT2D eigenvalue weighted by Gasteiger charge is -2.24. The third-order valence-corrected chi connectivity index (χ3v) is 11.1. The first-order valence-electron chi connectivity index (χ1n) is 11.4. The Morgan fingerprint density at radius 1 is 0.714 bits per heavy atom. The molecule has 0 aromatic heterocycles. The second kappa shape index (κ2) is 25.0. The van der Waals surface area contributed by atoms with Gasteiger partial charge in [0.15, 0.2) is 0 Å². The molecule has 0 aliphatic rings. The molecule has 13 heteroatoms. The summed E-state index contributed by atoms with van der Waals surface area (Å²) in [5.41, 5.74) is -0.491. The van der Waals surface area contributed by atoms with Crippen molar-refractivity contribution in [2.75, 3.05) is 62.5 Å². The molecular weight excluding hydrogens is 496 g/mol. The molecule has 11 nitrogen and oxygen atoms in total. The van der Waals surface area contributed by atoms with Crippen LogP contribution >= 0.6 is 0 Å². The highest BCUT2D eigenvalue weighted by atomic mass is 28.4. The van der Waals surface area contributed by atoms with Crippen molar-refractivity contribution < 1.29 is 51.8 Å². The number of aliphatic hydroxyl groups excluding tert-OH is 3. The van der Waals surface area contributed by atoms with E-state index >= 15 is 0 Å². The van der Waals surface area contributed by atoms with Crippen LogP contribution in [0.25, 0.3) is 0 Å². The minimum atomic E-state index is -2.22. The highest BCUT2D eigenvalue weighted by molar-refractivity contribution is 6.60. The first kappa shape index (κ1) is 41.4. The van der Waals surface area contributed by atoms with Gasteiger partial charge in [-0.3, -0.25) is 0 Å². The minimum Gasteiger partial charge on any atom is -0.478 e. The second-order valence-corrected chi connectivity index (χ2v) is 13.7. The van der Waals surface area contributed by atoms with Crippen molar-refractivity contribution in [1.82, 2.24) is 0 Å². The maximum absolute atomic E-state index is 9.60. The highest BCUT2D eigenvalue weighted by Gasteiger charge is 2.36. The molecule has 0 amide bonds. The van der Waals surface area contributed by atoms with Gasteiger partial charge in [-0.2, -0.15) is 0 Å². The number of carboxylic acids is 1. The number of rotatable bonds is 15. The summed E-state index contributed by atoms with van der Waals surface area (Å²) in [5, 5.41) is 33.9. The fraction of sp³-hybridized carbons (Fsp3) is 0.864. The number of carbonyl (C=O) groups is 1. The SMILES string of the molecule is C=C(C)C(=O)O.CCC(CO)(CO)CO.CCC[Si](OC)(OC)OC.CCC[Si](OC)(OC)OC. The zero-order valence-corrected chi connectivity index (χ0v) is 25.5. The summed E-state index contributed by atoms with van der Waals surface area (Å²) in [6, 6.07) is 1.77. The van der Waals surface area contributed by atoms with Crippen LogP contribution in [0.3, 0.4) is 0 Å². The lowest BCUT2D eigenvalue weighted by molar-refractivity contribution is -0.132. The van der Waals surface area contributed by atoms with E-state index in [4.69, 9.17) is 47.0 Å². The van der Waals surface area contributed by atoms with Crippen LogP contribution in [0, 0.1) is 5.41 Å². The summed E-state index contributed by atoms with van der Waals surface area (Å²) >= 11 is 0. The van der Waals surface area contributed by atoms with E-state index in [2.05, 4.69) is 20.4 Å². The topological polar surface area (TPSA) is 153 Å². The van der Waals surface area contributed by atoms with E-state index in [0.717, 1.165) is 24.9 Å². The molecule has 0 spiro atoms. The van der Waals surface area contributed by atoms with Crippen LogP contribution in [0.2, 0.25) is 12.1 Å². The summed E-state index contributed by atoms with van der Waals surface area (Å²) in [6.07, 6.45) is 2.65. The van der Waals surface area contributed by atoms with Gasteiger partial charge in [0.05, 0.1) is 19.8 Å². The zero-order chi connectivity index (χ0) is 28.6. The number of hydrogen-bond donors (Lipinski definition) is 4. The quantitative estimate of drug-likeness (QED) is 0.176. The Morgan fingerprint density at radius 2 is 0.943 bits per heavy atom. The smallest absolute Gasteiger partial charge is 0.478 e. The summed E-state index contributed by atoms with van der Waals surface area (Å²) in [4.78, 5) is 9.60. The molecule has 0 radical (unpaired) electrons. The molecule has 0 rings (SSSR count). The van der Waals surface area contributed by atoms with Gasteiger partial charge < -0.3 is 47.0 Å². The minimum absolute atomic E-state index is 0.156. The Labute approximate surface area is 214 Å². The molecule has 0 heterocycles. The third-order valence-electron chi connectivity index (χ3n) is 5.10. The molecule has 0 fully saturated rings. The Balaban J connectivity index is -0.000000186. The summed E-state index contributed by atoms with van der Waals surface area (Å²) < 4.78 is 31.0. The molecule has 35 heavy (non-hydrogen) atoms. The first-order valence-corrected chi connectivity index (χ1v) is 15.3. The normalized spacial score (nSPS) is 11.2. The fourth-order valence-electron chi connectivity index (χ4n) is 2.21. The summed E-state index contributed by atoms with van der Waals surface area (Å²) in [7, 11) is 5.37. The fourth-order valence-corrected chi connectivity index (χ4v) is 5.66. The van der Waals surface area contributed by atoms with E-state index in [1.807, 2.05) is 6.92 Å². The van der Waals surface area contributed by atoms with Gasteiger partial charge in [0, 0.05) is 65.7 Å². The maximum Gasteiger partial charge on any atom is 0.500 e. The van der Waals surface area contributed by atoms with Gasteiger partial charge in [0.1, 0.15) is 0 Å². The molecule has 0 aromatic rings. The lowest BCUT2D eigenvalue weighted by Crippen LogP contribution is -2.42. The zero-order valence-electron chi connectivity index (χ0n) is 23.5. The van der Waals surface area contributed by atoms with E-state index in [0.29, 0.717) is 6.42 Å². The predicted molar refractivity (Wildman–Crippen MR) is 140 cm³/mol. The molecule has 0 aliphatic heterocycles. The standard InChI is InChI=1S/2C6H16O3Si.C6H14O3.C4H6O2/c2*1-5-6-10(7-2,8-3)9-4;1-2-6(3-7,4-8)5-9;1-3(2)4(5)6/h2*5-6H2,1-4H3;7-9H,2-5H2,1H3;1H2,2H3,(H,5,6). The van der Waals surface area contributed by atoms with E-state index in [-0.39, 0.29) is 25.4 Å². The number of carboxylic acid groups (broad SMARTS) is 1. The van der Waals surface area contributed by atoms with Crippen LogP contribution in [0.5, 0.6) is 0 Å². The van der Waals surface area contributed by atoms with Gasteiger partial charge in [-0.15, -0.1) is 0 Å². The average molecular weight is 549 g/mol. The van der Waals surface area contributed by atoms with Crippen LogP contribution in [-0.2, 0) is 31.4 Å². The van der Waals surface area contributed by atoms with Gasteiger partial charge in [-0.1, -0.05) is 40.2 Å². The predicted octanol–water partition coefficient (Wildman–Crippen LogP) is 2.56. The number of aliphatic carboxylic acids is 1. The monoisotopic (exact) mass is 548 g/mol. The van der Waals surface area contributed by atoms with Crippen LogP contribution in [0.4, 0.5) is 0 Å². The van der Waals surface area contributed by atoms with Gasteiger partial charge in [-0.05, 0) is 13.3 Å². The molecular formula is C22H52O11Si2. The molecule has 0 aromatic carbocycles. The van der Waals surface area contributed by atoms with Crippen molar-refractivity contribution in [3.05, 3.63) is 12.2 Å².